The smallest absolute Gasteiger partial charge is 0.410 e. The van der Waals surface area contributed by atoms with Crippen LogP contribution < -0.4 is 26.6 Å². The Bertz CT molecular complexity index is 5560. The first-order valence-corrected chi connectivity index (χ1v) is 58.1. The summed E-state index contributed by atoms with van der Waals surface area (Å²) in [4.78, 5) is 114. The Morgan fingerprint density at radius 2 is 0.882 bits per heavy atom. The number of carbonyl (C=O) groups is 8. The van der Waals surface area contributed by atoms with Crippen LogP contribution in [0, 0.1) is 50.5 Å². The number of halogens is 6. The van der Waals surface area contributed by atoms with Crippen molar-refractivity contribution in [1.82, 2.24) is 74.6 Å². The lowest BCUT2D eigenvalue weighted by atomic mass is 9.88. The molecule has 6 aromatic heterocycles. The number of benzene rings is 4. The van der Waals surface area contributed by atoms with Gasteiger partial charge >= 0.3 is 24.1 Å². The summed E-state index contributed by atoms with van der Waals surface area (Å²) in [6.45, 7) is 52.4. The molecule has 38 heteroatoms. The van der Waals surface area contributed by atoms with Gasteiger partial charge in [0.05, 0.1) is 16.7 Å². The molecule has 0 spiro atoms. The molecule has 7 fully saturated rings. The molecule has 6 saturated heterocycles. The third-order valence-corrected chi connectivity index (χ3v) is 44.4. The number of likely N-dealkylation sites (N-methyl/N-ethyl adjacent to an activating group) is 2. The quantitative estimate of drug-likeness (QED) is 0.0135. The van der Waals surface area contributed by atoms with Gasteiger partial charge in [-0.05, 0) is 298 Å². The third-order valence-electron chi connectivity index (χ3n) is 27.8. The minimum atomic E-state index is -1.98. The number of carbonyl (C=O) groups excluding carboxylic acids is 6. The number of rotatable bonds is 22. The van der Waals surface area contributed by atoms with Crippen molar-refractivity contribution in [2.75, 3.05) is 92.6 Å². The van der Waals surface area contributed by atoms with Crippen LogP contribution in [-0.4, -0.2) is 250 Å². The van der Waals surface area contributed by atoms with E-state index in [0.717, 1.165) is 130 Å². The van der Waals surface area contributed by atoms with Gasteiger partial charge in [-0.1, -0.05) is 95.9 Å². The summed E-state index contributed by atoms with van der Waals surface area (Å²) in [6, 6.07) is 23.9. The Balaban J connectivity index is 0.000000202. The van der Waals surface area contributed by atoms with Crippen LogP contribution in [0.2, 0.25) is 33.2 Å². The van der Waals surface area contributed by atoms with E-state index in [1.807, 2.05) is 91.5 Å². The molecular formula is C106H153ClF4IN15O12S3Si2. The zero-order valence-electron chi connectivity index (χ0n) is 87.7. The van der Waals surface area contributed by atoms with Gasteiger partial charge in [0, 0.05) is 167 Å². The number of hydrogen-bond acceptors (Lipinski definition) is 21. The van der Waals surface area contributed by atoms with Crippen LogP contribution in [0.4, 0.5) is 27.2 Å². The predicted octanol–water partition coefficient (Wildman–Crippen LogP) is 23.1. The van der Waals surface area contributed by atoms with Crippen LogP contribution in [0.25, 0.3) is 32.7 Å². The first kappa shape index (κ1) is 120. The maximum atomic E-state index is 14.7. The molecule has 792 valence electrons. The summed E-state index contributed by atoms with van der Waals surface area (Å²) in [7, 11) is 0.213. The Kier molecular flexibility index (Phi) is 46.3. The molecule has 12 heterocycles. The molecule has 27 nitrogen and oxygen atoms in total. The van der Waals surface area contributed by atoms with E-state index < -0.39 is 45.6 Å². The number of aromatic nitrogens is 6. The largest absolute Gasteiger partial charge is 0.478 e. The summed E-state index contributed by atoms with van der Waals surface area (Å²) in [5.41, 5.74) is 4.77. The van der Waals surface area contributed by atoms with Crippen molar-refractivity contribution in [3.05, 3.63) is 191 Å². The Labute approximate surface area is 881 Å². The Hall–Kier alpha value is -8.88. The second-order valence-electron chi connectivity index (χ2n) is 41.9. The van der Waals surface area contributed by atoms with Gasteiger partial charge in [0.2, 0.25) is 5.01 Å². The topological polar surface area (TPSA) is 333 Å². The SMILES string of the molecule is CC(=O)c1ccc2[nH]ccc2c1F.CC(=O)c1ccc2c(ccn2[Si](C(C)C)(C(C)C)C(C)C)c1F.CC(C)(C)OC(=O)N1CC(C[C@H]2CCN(C(=O)c3nccs3)C2)C1.CC(C)(C)OC(=O)N1CC(C[C@H]2CCNC2)C1.CC(C)[Si](C(C)C)(C(C)C)n1ccc2c(F)c(C(=O)O)ccc21.CN[C@H]1CCCC[C@H]1NC.Cl.Fc1ccc(I)cc1.O=C(O)c1nccs1.O=C(c1nccs1)N1CCC(NC2CNC2)C1. The number of aromatic amines is 1. The lowest BCUT2D eigenvalue weighted by molar-refractivity contribution is -0.00493. The average molecular weight is 2220 g/mol. The number of fused-ring (bicyclic) bond motifs is 3. The molecular weight excluding hydrogens is 2070 g/mol. The molecule has 8 N–H and O–H groups in total. The number of carboxylic acid groups (broad SMARTS) is 2. The van der Waals surface area contributed by atoms with Gasteiger partial charge in [-0.2, -0.15) is 0 Å². The fourth-order valence-corrected chi connectivity index (χ4v) is 36.6. The number of carboxylic acids is 2. The zero-order chi connectivity index (χ0) is 105. The number of Topliss-reactive ketones (excluding diaryl/α,β-unsaturated/α-hetero) is 2. The monoisotopic (exact) mass is 2220 g/mol. The zero-order valence-corrected chi connectivity index (χ0v) is 95.1. The second-order valence-corrected chi connectivity index (χ2v) is 57.3. The normalized spacial score (nSPS) is 18.0. The van der Waals surface area contributed by atoms with E-state index in [2.05, 4.69) is 175 Å². The van der Waals surface area contributed by atoms with Gasteiger partial charge in [0.15, 0.2) is 38.1 Å². The summed E-state index contributed by atoms with van der Waals surface area (Å²) in [6.07, 6.45) is 21.3. The fraction of sp³-hybridized carbons (Fsp3) is 0.557. The first-order valence-electron chi connectivity index (χ1n) is 50.1. The summed E-state index contributed by atoms with van der Waals surface area (Å²) in [5, 5.41) is 42.3. The lowest BCUT2D eigenvalue weighted by Gasteiger charge is -2.44. The standard InChI is InChI=1S/C19H28FNOSi.C18H26FNO2Si.C17H25N3O3S.C13H24N2O2.C11H16N4OS.C10H8FNO.C8H18N2.C6H4FI.C4H3NO2S.ClH/c1-12(2)23(13(3)4,14(5)6)21-11-10-17-18(21)9-8-16(15(7)22)19(17)20;1-11(2)23(12(3)4,13(5)6)20-10-9-14-16(20)8-7-15(17(14)19)18(21)22;1-17(2,3)23-16(22)20-10-13(11-20)8-12-4-6-19(9-12)15(21)14-18-5-7-24-14;1-13(2,3)17-12(16)15-8-11(9-15)6-10-4-5-14-7-10;16-11(10-13-2-4-17-10)15-3-1-8(7-15)14-9-5-12-6-9;1-6(13)7-2-3-9-8(10(7)11)4-5-12-9;1-9-7-5-3-4-6-8(7)10-2;7-5-1-3-6(8)4-2-5;6-4(7)3-5-1-2-8-3;/h8-14H,1-7H3;7-13H,1-6H3,(H,21,22);5,7,12-13H,4,6,8-11H2,1-3H3;10-11,14H,4-9H2,1-3H3;2,4,8-9,12,14H,1,3,5-7H2;2-5,12H,1H3;7-10H,3-6H2,1-2H3;1-4H;1-2H,(H,6,7);1H/t;;12-;10-;;;7-,8+;;;/m..11....../s1. The van der Waals surface area contributed by atoms with E-state index in [1.165, 1.54) is 106 Å². The highest BCUT2D eigenvalue weighted by molar-refractivity contribution is 14.1. The molecule has 17 rings (SSSR count). The number of aromatic carboxylic acids is 2. The van der Waals surface area contributed by atoms with E-state index >= 15 is 0 Å². The van der Waals surface area contributed by atoms with Crippen molar-refractivity contribution >= 4 is 166 Å². The van der Waals surface area contributed by atoms with Gasteiger partial charge in [-0.15, -0.1) is 46.4 Å². The fourth-order valence-electron chi connectivity index (χ4n) is 21.3. The van der Waals surface area contributed by atoms with Crippen LogP contribution in [0.15, 0.2) is 132 Å². The van der Waals surface area contributed by atoms with Crippen molar-refractivity contribution < 1.29 is 75.6 Å². The van der Waals surface area contributed by atoms with Crippen LogP contribution in [0.3, 0.4) is 0 Å². The molecule has 10 aromatic rings. The lowest BCUT2D eigenvalue weighted by Crippen LogP contribution is -2.58. The van der Waals surface area contributed by atoms with Gasteiger partial charge < -0.3 is 79.3 Å². The third kappa shape index (κ3) is 32.1. The van der Waals surface area contributed by atoms with Crippen LogP contribution in [-0.2, 0) is 9.47 Å². The number of ketones is 2. The van der Waals surface area contributed by atoms with Crippen LogP contribution in [0.5, 0.6) is 0 Å². The van der Waals surface area contributed by atoms with E-state index in [-0.39, 0.29) is 86.9 Å². The number of nitrogens with one attached hydrogen (secondary N) is 6. The molecule has 5 atom stereocenters. The van der Waals surface area contributed by atoms with Crippen molar-refractivity contribution in [2.45, 2.75) is 265 Å². The van der Waals surface area contributed by atoms with E-state index in [4.69, 9.17) is 19.7 Å². The molecule has 6 aliphatic heterocycles. The minimum absolute atomic E-state index is 0. The van der Waals surface area contributed by atoms with E-state index in [1.54, 1.807) is 71.3 Å². The van der Waals surface area contributed by atoms with Crippen molar-refractivity contribution in [1.29, 1.82) is 0 Å². The molecule has 7 aliphatic rings. The van der Waals surface area contributed by atoms with Crippen molar-refractivity contribution in [2.24, 2.45) is 23.7 Å². The van der Waals surface area contributed by atoms with Crippen molar-refractivity contribution in [3.63, 3.8) is 0 Å². The number of amides is 4. The van der Waals surface area contributed by atoms with E-state index in [9.17, 15) is 55.9 Å². The van der Waals surface area contributed by atoms with E-state index in [0.29, 0.717) is 107 Å². The summed E-state index contributed by atoms with van der Waals surface area (Å²) in [5.74, 6) is -1.59. The number of likely N-dealkylation sites (tertiary alicyclic amines) is 4. The molecule has 1 aliphatic carbocycles. The maximum absolute atomic E-state index is 14.7. The maximum Gasteiger partial charge on any atom is 0.410 e. The highest BCUT2D eigenvalue weighted by Gasteiger charge is 2.48. The predicted molar refractivity (Wildman–Crippen MR) is 587 cm³/mol. The molecule has 4 amide bonds. The molecule has 144 heavy (non-hydrogen) atoms. The highest BCUT2D eigenvalue weighted by Crippen LogP contribution is 2.47. The van der Waals surface area contributed by atoms with Crippen LogP contribution >= 0.6 is 69.0 Å². The summed E-state index contributed by atoms with van der Waals surface area (Å²) >= 11 is 6.06. The highest BCUT2D eigenvalue weighted by atomic mass is 127. The molecule has 1 unspecified atom stereocenters. The van der Waals surface area contributed by atoms with Gasteiger partial charge in [-0.25, -0.2) is 51.7 Å². The number of nitrogens with zero attached hydrogens (tertiary/aromatic N) is 9. The molecule has 0 bridgehead atoms. The Morgan fingerprint density at radius 3 is 1.26 bits per heavy atom. The Morgan fingerprint density at radius 1 is 0.472 bits per heavy atom. The molecule has 0 radical (unpaired) electrons. The second kappa shape index (κ2) is 55.4. The average Bonchev–Trinajstić information content (AvgIpc) is 1.57. The number of thiazole rings is 3. The number of H-pyrrole nitrogens is 1. The van der Waals surface area contributed by atoms with Gasteiger partial charge in [0.25, 0.3) is 11.8 Å². The van der Waals surface area contributed by atoms with Crippen molar-refractivity contribution in [3.8, 4) is 0 Å². The summed E-state index contributed by atoms with van der Waals surface area (Å²) < 4.78 is 71.3. The van der Waals surface area contributed by atoms with Crippen LogP contribution in [0.1, 0.15) is 257 Å². The number of hydrogen-bond donors (Lipinski definition) is 8. The first-order chi connectivity index (χ1) is 67.6. The minimum Gasteiger partial charge on any atom is -0.478 e. The number of ether oxygens (including phenoxy) is 2. The van der Waals surface area contributed by atoms with Gasteiger partial charge in [-0.3, -0.25) is 19.2 Å². The van der Waals surface area contributed by atoms with Gasteiger partial charge in [0.1, 0.15) is 34.5 Å². The molecule has 1 saturated carbocycles. The molecule has 4 aromatic carbocycles.